The molecule has 0 saturated heterocycles. The molecule has 0 aliphatic heterocycles. The Morgan fingerprint density at radius 3 is 2.52 bits per heavy atom. The summed E-state index contributed by atoms with van der Waals surface area (Å²) in [7, 11) is 0. The molecule has 4 aromatic rings. The topological polar surface area (TPSA) is 112 Å². The van der Waals surface area contributed by atoms with Gasteiger partial charge in [-0.15, -0.1) is 0 Å². The molecule has 2 aromatic heterocycles. The number of rotatable bonds is 7. The van der Waals surface area contributed by atoms with Gasteiger partial charge in [-0.1, -0.05) is 12.5 Å². The fourth-order valence-electron chi connectivity index (χ4n) is 4.97. The van der Waals surface area contributed by atoms with Crippen LogP contribution < -0.4 is 15.8 Å². The third-order valence-corrected chi connectivity index (χ3v) is 7.55. The lowest BCUT2D eigenvalue weighted by atomic mass is 9.64. The summed E-state index contributed by atoms with van der Waals surface area (Å²) >= 11 is 0. The Bertz CT molecular complexity index is 1640. The predicted molar refractivity (Wildman–Crippen MR) is 147 cm³/mol. The summed E-state index contributed by atoms with van der Waals surface area (Å²) in [6.45, 7) is 7.34. The number of nitrogens with two attached hydrogens (primary N) is 1. The van der Waals surface area contributed by atoms with E-state index >= 15 is 8.78 Å². The van der Waals surface area contributed by atoms with Crippen LogP contribution in [0.15, 0.2) is 48.9 Å². The van der Waals surface area contributed by atoms with Crippen molar-refractivity contribution >= 4 is 28.4 Å². The van der Waals surface area contributed by atoms with Gasteiger partial charge in [-0.05, 0) is 64.3 Å². The second-order valence-corrected chi connectivity index (χ2v) is 11.3. The van der Waals surface area contributed by atoms with E-state index < -0.39 is 29.4 Å². The number of hydrogen-bond donors (Lipinski definition) is 2. The van der Waals surface area contributed by atoms with Gasteiger partial charge in [0.25, 0.3) is 0 Å². The van der Waals surface area contributed by atoms with E-state index in [4.69, 9.17) is 10.5 Å². The summed E-state index contributed by atoms with van der Waals surface area (Å²) in [5, 5.41) is 7.44. The van der Waals surface area contributed by atoms with E-state index in [2.05, 4.69) is 15.4 Å². The Balaban J connectivity index is 1.40. The quantitative estimate of drug-likeness (QED) is 0.310. The van der Waals surface area contributed by atoms with E-state index in [0.29, 0.717) is 35.2 Å². The maximum atomic E-state index is 15.4. The monoisotopic (exact) mass is 547 g/mol. The lowest BCUT2D eigenvalue weighted by molar-refractivity contribution is -0.126. The molecule has 40 heavy (non-hydrogen) atoms. The highest BCUT2D eigenvalue weighted by molar-refractivity contribution is 5.93. The molecule has 0 atom stereocenters. The van der Waals surface area contributed by atoms with Crippen molar-refractivity contribution in [3.63, 3.8) is 0 Å². The molecule has 3 N–H and O–H groups in total. The Kier molecular flexibility index (Phi) is 6.81. The SMILES string of the molecule is Cc1c(Oc2ccnc3ccc(C4(C(N)=O)CCC4)cc23)cc(F)c(CC(=O)Nc2cnn(C(C)(C)C)c2)c1F. The van der Waals surface area contributed by atoms with Crippen LogP contribution in [0.3, 0.4) is 0 Å². The molecule has 10 heteroatoms. The third-order valence-electron chi connectivity index (χ3n) is 7.55. The molecule has 2 amide bonds. The highest BCUT2D eigenvalue weighted by atomic mass is 19.1. The Labute approximate surface area is 230 Å². The molecule has 5 rings (SSSR count). The van der Waals surface area contributed by atoms with Crippen LogP contribution in [0.2, 0.25) is 0 Å². The molecule has 0 radical (unpaired) electrons. The van der Waals surface area contributed by atoms with Crippen molar-refractivity contribution in [1.29, 1.82) is 0 Å². The van der Waals surface area contributed by atoms with E-state index in [1.807, 2.05) is 32.9 Å². The summed E-state index contributed by atoms with van der Waals surface area (Å²) in [5.74, 6) is -2.43. The first-order valence-corrected chi connectivity index (χ1v) is 13.1. The fourth-order valence-corrected chi connectivity index (χ4v) is 4.97. The zero-order valence-corrected chi connectivity index (χ0v) is 22.8. The zero-order valence-electron chi connectivity index (χ0n) is 22.8. The molecule has 0 unspecified atom stereocenters. The molecule has 8 nitrogen and oxygen atoms in total. The average molecular weight is 548 g/mol. The van der Waals surface area contributed by atoms with E-state index in [1.165, 1.54) is 19.3 Å². The van der Waals surface area contributed by atoms with Crippen LogP contribution in [0, 0.1) is 18.6 Å². The molecule has 1 saturated carbocycles. The van der Waals surface area contributed by atoms with Crippen LogP contribution in [0.25, 0.3) is 10.9 Å². The van der Waals surface area contributed by atoms with Gasteiger partial charge in [0.05, 0.1) is 34.8 Å². The highest BCUT2D eigenvalue weighted by Crippen LogP contribution is 2.45. The summed E-state index contributed by atoms with van der Waals surface area (Å²) < 4.78 is 38.2. The minimum atomic E-state index is -0.903. The third kappa shape index (κ3) is 4.89. The smallest absolute Gasteiger partial charge is 0.229 e. The Morgan fingerprint density at radius 1 is 1.15 bits per heavy atom. The lowest BCUT2D eigenvalue weighted by Gasteiger charge is -2.39. The van der Waals surface area contributed by atoms with Gasteiger partial charge in [0.2, 0.25) is 11.8 Å². The van der Waals surface area contributed by atoms with Crippen molar-refractivity contribution < 1.29 is 23.1 Å². The van der Waals surface area contributed by atoms with E-state index in [-0.39, 0.29) is 28.3 Å². The number of halogens is 2. The van der Waals surface area contributed by atoms with Gasteiger partial charge >= 0.3 is 0 Å². The van der Waals surface area contributed by atoms with Crippen LogP contribution in [0.1, 0.15) is 56.7 Å². The standard InChI is InChI=1S/C30H31F2N5O3/c1-17-25(14-22(31)20(27(17)32)13-26(38)36-19-15-35-37(16-19)29(2,3)4)40-24-8-11-34-23-7-6-18(12-21(23)24)30(28(33)39)9-5-10-30/h6-8,11-12,14-16H,5,9-10,13H2,1-4H3,(H2,33,39)(H,36,38). The summed E-state index contributed by atoms with van der Waals surface area (Å²) in [4.78, 5) is 29.2. The number of hydrogen-bond acceptors (Lipinski definition) is 5. The molecule has 2 heterocycles. The number of nitrogens with zero attached hydrogens (tertiary/aromatic N) is 3. The van der Waals surface area contributed by atoms with Crippen LogP contribution in [0.4, 0.5) is 14.5 Å². The number of anilines is 1. The van der Waals surface area contributed by atoms with Crippen LogP contribution in [0.5, 0.6) is 11.5 Å². The molecule has 2 aromatic carbocycles. The van der Waals surface area contributed by atoms with E-state index in [1.54, 1.807) is 23.0 Å². The number of fused-ring (bicyclic) bond motifs is 1. The van der Waals surface area contributed by atoms with Crippen LogP contribution in [-0.2, 0) is 27.0 Å². The van der Waals surface area contributed by atoms with Gasteiger partial charge in [-0.2, -0.15) is 5.10 Å². The second kappa shape index (κ2) is 10.0. The predicted octanol–water partition coefficient (Wildman–Crippen LogP) is 5.65. The number of primary amides is 1. The minimum Gasteiger partial charge on any atom is -0.456 e. The zero-order chi connectivity index (χ0) is 28.8. The second-order valence-electron chi connectivity index (χ2n) is 11.3. The summed E-state index contributed by atoms with van der Waals surface area (Å²) in [5.41, 5.74) is 6.21. The Hall–Kier alpha value is -4.34. The fraction of sp³-hybridized carbons (Fsp3) is 0.333. The molecular formula is C30H31F2N5O3. The maximum Gasteiger partial charge on any atom is 0.229 e. The number of pyridine rings is 1. The van der Waals surface area contributed by atoms with Crippen molar-refractivity contribution in [3.8, 4) is 11.5 Å². The number of carbonyl (C=O) groups excluding carboxylic acids is 2. The van der Waals surface area contributed by atoms with Crippen LogP contribution in [-0.4, -0.2) is 26.6 Å². The normalized spacial score (nSPS) is 14.6. The highest BCUT2D eigenvalue weighted by Gasteiger charge is 2.44. The molecule has 1 fully saturated rings. The lowest BCUT2D eigenvalue weighted by Crippen LogP contribution is -2.46. The van der Waals surface area contributed by atoms with E-state index in [0.717, 1.165) is 18.1 Å². The summed E-state index contributed by atoms with van der Waals surface area (Å²) in [6, 6.07) is 8.09. The first-order valence-electron chi connectivity index (χ1n) is 13.1. The number of ether oxygens (including phenoxy) is 1. The van der Waals surface area contributed by atoms with Gasteiger partial charge in [-0.25, -0.2) is 8.78 Å². The largest absolute Gasteiger partial charge is 0.456 e. The van der Waals surface area contributed by atoms with Gasteiger partial charge < -0.3 is 15.8 Å². The number of nitrogens with one attached hydrogen (secondary N) is 1. The van der Waals surface area contributed by atoms with E-state index in [9.17, 15) is 9.59 Å². The van der Waals surface area contributed by atoms with Crippen LogP contribution >= 0.6 is 0 Å². The van der Waals surface area contributed by atoms with Crippen molar-refractivity contribution in [2.75, 3.05) is 5.32 Å². The average Bonchev–Trinajstić information content (AvgIpc) is 3.33. The van der Waals surface area contributed by atoms with Gasteiger partial charge in [-0.3, -0.25) is 19.3 Å². The molecular weight excluding hydrogens is 516 g/mol. The first kappa shape index (κ1) is 27.2. The van der Waals surface area contributed by atoms with Gasteiger partial charge in [0.15, 0.2) is 0 Å². The number of benzene rings is 2. The molecule has 1 aliphatic rings. The number of carbonyl (C=O) groups is 2. The van der Waals surface area contributed by atoms with Crippen molar-refractivity contribution in [2.24, 2.45) is 5.73 Å². The maximum absolute atomic E-state index is 15.4. The molecule has 0 bridgehead atoms. The van der Waals surface area contributed by atoms with Crippen molar-refractivity contribution in [3.05, 3.63) is 77.2 Å². The number of aromatic nitrogens is 3. The number of amides is 2. The summed E-state index contributed by atoms with van der Waals surface area (Å²) in [6.07, 6.45) is 6.40. The molecule has 0 spiro atoms. The first-order chi connectivity index (χ1) is 18.9. The van der Waals surface area contributed by atoms with Crippen molar-refractivity contribution in [2.45, 2.75) is 64.3 Å². The van der Waals surface area contributed by atoms with Crippen molar-refractivity contribution in [1.82, 2.24) is 14.8 Å². The minimum absolute atomic E-state index is 0.0308. The molecule has 1 aliphatic carbocycles. The molecule has 208 valence electrons. The van der Waals surface area contributed by atoms with Gasteiger partial charge in [0, 0.05) is 35.0 Å². The Morgan fingerprint density at radius 2 is 1.90 bits per heavy atom. The van der Waals surface area contributed by atoms with Gasteiger partial charge in [0.1, 0.15) is 23.1 Å².